The zero-order valence-electron chi connectivity index (χ0n) is 18.0. The van der Waals surface area contributed by atoms with E-state index in [-0.39, 0.29) is 24.9 Å². The summed E-state index contributed by atoms with van der Waals surface area (Å²) < 4.78 is 20.9. The summed E-state index contributed by atoms with van der Waals surface area (Å²) in [6.45, 7) is 2.24. The molecule has 0 aliphatic rings. The summed E-state index contributed by atoms with van der Waals surface area (Å²) in [5.41, 5.74) is 1.16. The van der Waals surface area contributed by atoms with Gasteiger partial charge in [-0.05, 0) is 55.0 Å². The summed E-state index contributed by atoms with van der Waals surface area (Å²) in [5.74, 6) is 0.916. The van der Waals surface area contributed by atoms with E-state index in [4.69, 9.17) is 18.7 Å². The molecule has 0 saturated heterocycles. The molecule has 32 heavy (non-hydrogen) atoms. The fraction of sp³-hybridized carbons (Fsp3) is 0.304. The number of rotatable bonds is 11. The molecule has 9 nitrogen and oxygen atoms in total. The van der Waals surface area contributed by atoms with Crippen molar-refractivity contribution in [3.63, 3.8) is 0 Å². The van der Waals surface area contributed by atoms with Crippen LogP contribution in [-0.2, 0) is 16.1 Å². The molecule has 0 unspecified atom stereocenters. The molecule has 1 N–H and O–H groups in total. The summed E-state index contributed by atoms with van der Waals surface area (Å²) in [7, 11) is 1.58. The van der Waals surface area contributed by atoms with Gasteiger partial charge in [0.15, 0.2) is 6.61 Å². The number of hydrogen-bond acceptors (Lipinski definition) is 8. The Morgan fingerprint density at radius 3 is 2.44 bits per heavy atom. The first kappa shape index (κ1) is 22.8. The quantitative estimate of drug-likeness (QED) is 0.357. The number of ether oxygens (including phenoxy) is 3. The summed E-state index contributed by atoms with van der Waals surface area (Å²) in [6, 6.07) is 13.9. The minimum Gasteiger partial charge on any atom is -0.497 e. The number of nitrogens with zero attached hydrogens (tertiary/aromatic N) is 2. The van der Waals surface area contributed by atoms with E-state index in [9.17, 15) is 9.59 Å². The number of carbonyl (C=O) groups is 2. The normalized spacial score (nSPS) is 10.4. The Hall–Kier alpha value is -3.88. The molecule has 0 aliphatic carbocycles. The van der Waals surface area contributed by atoms with Crippen molar-refractivity contribution >= 4 is 11.9 Å². The SMILES string of the molecule is CCCCOc1ccc(C(=O)NCC(=O)OCc2nc(-c3ccc(OC)cc3)no2)cc1. The summed E-state index contributed by atoms with van der Waals surface area (Å²) >= 11 is 0. The lowest BCUT2D eigenvalue weighted by Crippen LogP contribution is -2.30. The summed E-state index contributed by atoms with van der Waals surface area (Å²) in [6.07, 6.45) is 2.02. The van der Waals surface area contributed by atoms with Crippen molar-refractivity contribution in [2.75, 3.05) is 20.3 Å². The van der Waals surface area contributed by atoms with E-state index in [0.29, 0.717) is 29.5 Å². The van der Waals surface area contributed by atoms with Crippen molar-refractivity contribution in [2.45, 2.75) is 26.4 Å². The van der Waals surface area contributed by atoms with E-state index in [1.807, 2.05) is 0 Å². The Morgan fingerprint density at radius 1 is 1.03 bits per heavy atom. The first-order valence-electron chi connectivity index (χ1n) is 10.2. The number of benzene rings is 2. The van der Waals surface area contributed by atoms with Crippen molar-refractivity contribution < 1.29 is 28.3 Å². The first-order valence-corrected chi connectivity index (χ1v) is 10.2. The molecule has 3 rings (SSSR count). The third-order valence-electron chi connectivity index (χ3n) is 4.45. The predicted octanol–water partition coefficient (Wildman–Crippen LogP) is 3.40. The van der Waals surface area contributed by atoms with E-state index in [0.717, 1.165) is 18.4 Å². The number of aromatic nitrogens is 2. The van der Waals surface area contributed by atoms with Gasteiger partial charge in [-0.3, -0.25) is 9.59 Å². The number of carbonyl (C=O) groups excluding carboxylic acids is 2. The molecule has 0 aliphatic heterocycles. The average molecular weight is 439 g/mol. The second-order valence-corrected chi connectivity index (χ2v) is 6.81. The largest absolute Gasteiger partial charge is 0.497 e. The molecule has 0 radical (unpaired) electrons. The van der Waals surface area contributed by atoms with Gasteiger partial charge in [0.1, 0.15) is 18.0 Å². The Labute approximate surface area is 185 Å². The van der Waals surface area contributed by atoms with Crippen LogP contribution in [-0.4, -0.2) is 42.3 Å². The molecule has 2 aromatic carbocycles. The van der Waals surface area contributed by atoms with Gasteiger partial charge in [0.25, 0.3) is 11.8 Å². The van der Waals surface area contributed by atoms with Gasteiger partial charge in [-0.15, -0.1) is 0 Å². The van der Waals surface area contributed by atoms with Gasteiger partial charge in [0, 0.05) is 11.1 Å². The van der Waals surface area contributed by atoms with Crippen LogP contribution in [0, 0.1) is 0 Å². The van der Waals surface area contributed by atoms with Gasteiger partial charge in [-0.2, -0.15) is 4.98 Å². The minimum atomic E-state index is -0.623. The number of esters is 1. The van der Waals surface area contributed by atoms with Crippen LogP contribution in [0.15, 0.2) is 53.1 Å². The predicted molar refractivity (Wildman–Crippen MR) is 115 cm³/mol. The van der Waals surface area contributed by atoms with Crippen LogP contribution in [0.1, 0.15) is 36.0 Å². The topological polar surface area (TPSA) is 113 Å². The van der Waals surface area contributed by atoms with E-state index in [1.165, 1.54) is 0 Å². The molecular weight excluding hydrogens is 414 g/mol. The molecule has 0 spiro atoms. The minimum absolute atomic E-state index is 0.147. The third kappa shape index (κ3) is 6.56. The zero-order valence-corrected chi connectivity index (χ0v) is 18.0. The fourth-order valence-corrected chi connectivity index (χ4v) is 2.66. The molecule has 0 saturated carbocycles. The maximum atomic E-state index is 12.2. The number of unbranched alkanes of at least 4 members (excludes halogenated alkanes) is 1. The highest BCUT2D eigenvalue weighted by molar-refractivity contribution is 5.96. The molecular formula is C23H25N3O6. The number of hydrogen-bond donors (Lipinski definition) is 1. The molecule has 0 bridgehead atoms. The van der Waals surface area contributed by atoms with Crippen LogP contribution in [0.25, 0.3) is 11.4 Å². The second-order valence-electron chi connectivity index (χ2n) is 6.81. The van der Waals surface area contributed by atoms with Gasteiger partial charge in [0.05, 0.1) is 13.7 Å². The van der Waals surface area contributed by atoms with Crippen LogP contribution in [0.4, 0.5) is 0 Å². The number of methoxy groups -OCH3 is 1. The molecule has 3 aromatic rings. The van der Waals surface area contributed by atoms with Crippen LogP contribution in [0.5, 0.6) is 11.5 Å². The first-order chi connectivity index (χ1) is 15.6. The van der Waals surface area contributed by atoms with Crippen molar-refractivity contribution in [3.05, 3.63) is 60.0 Å². The molecule has 0 atom stereocenters. The van der Waals surface area contributed by atoms with Gasteiger partial charge in [-0.25, -0.2) is 0 Å². The highest BCUT2D eigenvalue weighted by atomic mass is 16.6. The maximum Gasteiger partial charge on any atom is 0.325 e. The standard InChI is InChI=1S/C23H25N3O6/c1-3-4-13-30-19-11-7-17(8-12-19)23(28)24-14-21(27)31-15-20-25-22(26-32-20)16-5-9-18(29-2)10-6-16/h5-12H,3-4,13-15H2,1-2H3,(H,24,28). The molecule has 1 aromatic heterocycles. The van der Waals surface area contributed by atoms with Crippen LogP contribution in [0.2, 0.25) is 0 Å². The highest BCUT2D eigenvalue weighted by Crippen LogP contribution is 2.20. The van der Waals surface area contributed by atoms with E-state index >= 15 is 0 Å². The van der Waals surface area contributed by atoms with Gasteiger partial charge >= 0.3 is 5.97 Å². The fourth-order valence-electron chi connectivity index (χ4n) is 2.66. The van der Waals surface area contributed by atoms with Crippen LogP contribution >= 0.6 is 0 Å². The summed E-state index contributed by atoms with van der Waals surface area (Å²) in [5, 5.41) is 6.38. The molecule has 0 fully saturated rings. The lowest BCUT2D eigenvalue weighted by atomic mass is 10.2. The second kappa shape index (κ2) is 11.5. The lowest BCUT2D eigenvalue weighted by molar-refractivity contribution is -0.144. The van der Waals surface area contributed by atoms with Gasteiger partial charge in [0.2, 0.25) is 5.82 Å². The van der Waals surface area contributed by atoms with Gasteiger partial charge < -0.3 is 24.1 Å². The lowest BCUT2D eigenvalue weighted by Gasteiger charge is -2.07. The Morgan fingerprint density at radius 2 is 1.75 bits per heavy atom. The van der Waals surface area contributed by atoms with E-state index in [1.54, 1.807) is 55.6 Å². The Balaban J connectivity index is 1.42. The Kier molecular flexibility index (Phi) is 8.19. The molecule has 1 heterocycles. The van der Waals surface area contributed by atoms with Crippen LogP contribution in [0.3, 0.4) is 0 Å². The van der Waals surface area contributed by atoms with Crippen molar-refractivity contribution in [3.8, 4) is 22.9 Å². The van der Waals surface area contributed by atoms with E-state index in [2.05, 4.69) is 22.4 Å². The van der Waals surface area contributed by atoms with Crippen molar-refractivity contribution in [1.29, 1.82) is 0 Å². The van der Waals surface area contributed by atoms with Crippen molar-refractivity contribution in [2.24, 2.45) is 0 Å². The monoisotopic (exact) mass is 439 g/mol. The Bertz CT molecular complexity index is 1010. The van der Waals surface area contributed by atoms with Crippen LogP contribution < -0.4 is 14.8 Å². The van der Waals surface area contributed by atoms with Gasteiger partial charge in [-0.1, -0.05) is 18.5 Å². The average Bonchev–Trinajstić information content (AvgIpc) is 3.31. The maximum absolute atomic E-state index is 12.2. The molecule has 9 heteroatoms. The highest BCUT2D eigenvalue weighted by Gasteiger charge is 2.13. The number of amides is 1. The molecule has 168 valence electrons. The zero-order chi connectivity index (χ0) is 22.8. The van der Waals surface area contributed by atoms with Crippen molar-refractivity contribution in [1.82, 2.24) is 15.5 Å². The van der Waals surface area contributed by atoms with E-state index < -0.39 is 5.97 Å². The number of nitrogens with one attached hydrogen (secondary N) is 1. The molecule has 1 amide bonds. The summed E-state index contributed by atoms with van der Waals surface area (Å²) in [4.78, 5) is 28.3. The third-order valence-corrected chi connectivity index (χ3v) is 4.45. The smallest absolute Gasteiger partial charge is 0.325 e.